The van der Waals surface area contributed by atoms with Gasteiger partial charge in [0.2, 0.25) is 0 Å². The van der Waals surface area contributed by atoms with E-state index < -0.39 is 6.69 Å². The van der Waals surface area contributed by atoms with Crippen molar-refractivity contribution in [1.82, 2.24) is 0 Å². The number of hydrogen-bond donors (Lipinski definition) is 0. The fraction of sp³-hybridized carbons (Fsp3) is 0.600. The molecule has 0 saturated carbocycles. The summed E-state index contributed by atoms with van der Waals surface area (Å²) in [6, 6.07) is 0. The molecular formula is C10H17BrSi. The summed E-state index contributed by atoms with van der Waals surface area (Å²) in [6.45, 7) is 8.05. The van der Waals surface area contributed by atoms with Gasteiger partial charge in [0.25, 0.3) is 0 Å². The molecule has 0 amide bonds. The van der Waals surface area contributed by atoms with Gasteiger partial charge in [-0.25, -0.2) is 0 Å². The molecule has 0 fully saturated rings. The molecule has 68 valence electrons. The van der Waals surface area contributed by atoms with Crippen LogP contribution in [-0.4, -0.2) is 6.69 Å². The highest BCUT2D eigenvalue weighted by atomic mass is 79.9. The fourth-order valence-corrected chi connectivity index (χ4v) is 4.15. The third kappa shape index (κ3) is 1.74. The van der Waals surface area contributed by atoms with Crippen molar-refractivity contribution in [3.05, 3.63) is 24.3 Å². The van der Waals surface area contributed by atoms with E-state index in [1.165, 1.54) is 0 Å². The van der Waals surface area contributed by atoms with Crippen molar-refractivity contribution in [2.75, 3.05) is 0 Å². The number of rotatable bonds is 1. The Morgan fingerprint density at radius 1 is 1.17 bits per heavy atom. The van der Waals surface area contributed by atoms with Crippen LogP contribution in [0.4, 0.5) is 0 Å². The van der Waals surface area contributed by atoms with Crippen LogP contribution in [0, 0.1) is 0 Å². The summed E-state index contributed by atoms with van der Waals surface area (Å²) in [7, 11) is 0. The quantitative estimate of drug-likeness (QED) is 0.478. The van der Waals surface area contributed by atoms with Crippen LogP contribution in [0.1, 0.15) is 20.8 Å². The zero-order chi connectivity index (χ0) is 9.41. The van der Waals surface area contributed by atoms with Crippen LogP contribution in [0.2, 0.25) is 17.1 Å². The van der Waals surface area contributed by atoms with Crippen LogP contribution in [-0.2, 0) is 0 Å². The molecule has 0 heterocycles. The predicted molar refractivity (Wildman–Crippen MR) is 62.3 cm³/mol. The molecule has 0 aliphatic heterocycles. The second-order valence-corrected chi connectivity index (χ2v) is 13.9. The Hall–Kier alpha value is 0.177. The number of hydrogen-bond acceptors (Lipinski definition) is 0. The van der Waals surface area contributed by atoms with E-state index in [0.717, 1.165) is 0 Å². The van der Waals surface area contributed by atoms with Crippen molar-refractivity contribution < 1.29 is 0 Å². The first kappa shape index (κ1) is 10.3. The Labute approximate surface area is 84.3 Å². The van der Waals surface area contributed by atoms with Gasteiger partial charge in [0, 0.05) is 5.54 Å². The minimum atomic E-state index is -1.33. The van der Waals surface area contributed by atoms with Gasteiger partial charge in [0.05, 0.1) is 0 Å². The van der Waals surface area contributed by atoms with Gasteiger partial charge in [-0.3, -0.25) is 0 Å². The van der Waals surface area contributed by atoms with E-state index in [2.05, 4.69) is 66.9 Å². The lowest BCUT2D eigenvalue weighted by molar-refractivity contribution is 0.727. The Morgan fingerprint density at radius 3 is 1.92 bits per heavy atom. The molecule has 0 nitrogen and oxygen atoms in total. The molecule has 0 unspecified atom stereocenters. The summed E-state index contributed by atoms with van der Waals surface area (Å²) in [6.07, 6.45) is 8.93. The minimum Gasteiger partial charge on any atom is -0.125 e. The van der Waals surface area contributed by atoms with Crippen molar-refractivity contribution >= 4 is 22.0 Å². The van der Waals surface area contributed by atoms with Gasteiger partial charge >= 0.3 is 0 Å². The Bertz CT molecular complexity index is 208. The summed E-state index contributed by atoms with van der Waals surface area (Å²) < 4.78 is 0. The van der Waals surface area contributed by atoms with Gasteiger partial charge < -0.3 is 0 Å². The molecule has 12 heavy (non-hydrogen) atoms. The molecule has 0 spiro atoms. The van der Waals surface area contributed by atoms with Crippen molar-refractivity contribution in [2.45, 2.75) is 37.9 Å². The molecular weight excluding hydrogens is 228 g/mol. The molecule has 0 N–H and O–H groups in total. The second kappa shape index (κ2) is 3.15. The summed E-state index contributed by atoms with van der Waals surface area (Å²) in [5.41, 5.74) is 0.664. The normalized spacial score (nSPS) is 23.1. The van der Waals surface area contributed by atoms with Gasteiger partial charge in [-0.15, -0.1) is 15.3 Å². The molecule has 0 aromatic heterocycles. The molecule has 0 aromatic rings. The van der Waals surface area contributed by atoms with E-state index in [1.54, 1.807) is 0 Å². The summed E-state index contributed by atoms with van der Waals surface area (Å²) in [5, 5.41) is 0.413. The molecule has 0 saturated heterocycles. The lowest BCUT2D eigenvalue weighted by Gasteiger charge is -2.38. The molecule has 2 heteroatoms. The zero-order valence-electron chi connectivity index (χ0n) is 8.26. The molecule has 0 aromatic carbocycles. The maximum Gasteiger partial charge on any atom is 0.143 e. The molecule has 1 aliphatic carbocycles. The van der Waals surface area contributed by atoms with Crippen LogP contribution >= 0.6 is 15.3 Å². The highest BCUT2D eigenvalue weighted by Crippen LogP contribution is 2.49. The average molecular weight is 245 g/mol. The number of allylic oxidation sites excluding steroid dienone is 4. The standard InChI is InChI=1S/C10H17BrSi/c1-10(2,3)12(4,11)9-7-5-6-8-9/h5-9H,1-4H3/t12-/m1/s1. The van der Waals surface area contributed by atoms with Crippen molar-refractivity contribution in [3.63, 3.8) is 0 Å². The van der Waals surface area contributed by atoms with Crippen LogP contribution in [0.25, 0.3) is 0 Å². The molecule has 1 atom stereocenters. The monoisotopic (exact) mass is 244 g/mol. The smallest absolute Gasteiger partial charge is 0.125 e. The maximum atomic E-state index is 3.97. The Balaban J connectivity index is 2.85. The van der Waals surface area contributed by atoms with Gasteiger partial charge in [0.1, 0.15) is 6.69 Å². The number of halogens is 1. The SMILES string of the molecule is CC(C)(C)[Si@](C)(Br)C1C=CC=C1. The first-order valence-electron chi connectivity index (χ1n) is 4.39. The second-order valence-electron chi connectivity index (χ2n) is 4.62. The topological polar surface area (TPSA) is 0 Å². The zero-order valence-corrected chi connectivity index (χ0v) is 10.9. The maximum absolute atomic E-state index is 3.97. The highest BCUT2D eigenvalue weighted by Gasteiger charge is 2.42. The van der Waals surface area contributed by atoms with Crippen LogP contribution < -0.4 is 0 Å². The van der Waals surface area contributed by atoms with E-state index >= 15 is 0 Å². The fourth-order valence-electron chi connectivity index (χ4n) is 1.29. The van der Waals surface area contributed by atoms with Gasteiger partial charge in [-0.05, 0) is 5.04 Å². The summed E-state index contributed by atoms with van der Waals surface area (Å²) >= 11 is 3.97. The molecule has 1 aliphatic rings. The minimum absolute atomic E-state index is 0.413. The van der Waals surface area contributed by atoms with Crippen molar-refractivity contribution in [2.24, 2.45) is 0 Å². The third-order valence-corrected chi connectivity index (χ3v) is 12.6. The third-order valence-electron chi connectivity index (χ3n) is 2.84. The largest absolute Gasteiger partial charge is 0.143 e. The van der Waals surface area contributed by atoms with Gasteiger partial charge in [0.15, 0.2) is 0 Å². The first-order chi connectivity index (χ1) is 5.36. The van der Waals surface area contributed by atoms with Gasteiger partial charge in [-0.1, -0.05) is 51.6 Å². The molecule has 0 bridgehead atoms. The predicted octanol–water partition coefficient (Wildman–Crippen LogP) is 4.25. The van der Waals surface area contributed by atoms with Crippen molar-refractivity contribution in [3.8, 4) is 0 Å². The lowest BCUT2D eigenvalue weighted by Crippen LogP contribution is -2.37. The van der Waals surface area contributed by atoms with Crippen molar-refractivity contribution in [1.29, 1.82) is 0 Å². The van der Waals surface area contributed by atoms with E-state index in [-0.39, 0.29) is 0 Å². The highest BCUT2D eigenvalue weighted by molar-refractivity contribution is 9.26. The lowest BCUT2D eigenvalue weighted by atomic mass is 10.2. The first-order valence-corrected chi connectivity index (χ1v) is 9.23. The summed E-state index contributed by atoms with van der Waals surface area (Å²) in [4.78, 5) is 0. The van der Waals surface area contributed by atoms with Crippen LogP contribution in [0.15, 0.2) is 24.3 Å². The summed E-state index contributed by atoms with van der Waals surface area (Å²) in [5.74, 6) is 0. The molecule has 0 radical (unpaired) electrons. The van der Waals surface area contributed by atoms with E-state index in [1.807, 2.05) is 0 Å². The van der Waals surface area contributed by atoms with Crippen LogP contribution in [0.3, 0.4) is 0 Å². The Morgan fingerprint density at radius 2 is 1.58 bits per heavy atom. The van der Waals surface area contributed by atoms with E-state index in [0.29, 0.717) is 10.6 Å². The van der Waals surface area contributed by atoms with E-state index in [9.17, 15) is 0 Å². The average Bonchev–Trinajstić information content (AvgIpc) is 2.34. The Kier molecular flexibility index (Phi) is 2.69. The van der Waals surface area contributed by atoms with Gasteiger partial charge in [-0.2, -0.15) is 0 Å². The van der Waals surface area contributed by atoms with E-state index in [4.69, 9.17) is 0 Å². The molecule has 1 rings (SSSR count). The van der Waals surface area contributed by atoms with Crippen LogP contribution in [0.5, 0.6) is 0 Å².